The molecule has 1 aliphatic rings. The molecule has 0 aromatic rings. The number of nitrogens with one attached hydrogen (secondary N) is 1. The first-order valence-corrected chi connectivity index (χ1v) is 5.73. The molecule has 10 heteroatoms. The number of hydrogen-bond acceptors (Lipinski definition) is 3. The number of rotatable bonds is 3. The van der Waals surface area contributed by atoms with Crippen LogP contribution in [0.2, 0.25) is 0 Å². The second-order valence-electron chi connectivity index (χ2n) is 4.31. The second-order valence-corrected chi connectivity index (χ2v) is 4.31. The highest BCUT2D eigenvalue weighted by atomic mass is 19.4. The molecule has 1 fully saturated rings. The van der Waals surface area contributed by atoms with Crippen LogP contribution in [0.3, 0.4) is 0 Å². The Kier molecular flexibility index (Phi) is 4.79. The Morgan fingerprint density at radius 1 is 1.50 bits per heavy atom. The molecule has 0 aromatic carbocycles. The van der Waals surface area contributed by atoms with E-state index < -0.39 is 43.2 Å². The Morgan fingerprint density at radius 2 is 2.10 bits per heavy atom. The third-order valence-electron chi connectivity index (χ3n) is 2.71. The Morgan fingerprint density at radius 3 is 2.60 bits per heavy atom. The van der Waals surface area contributed by atoms with Gasteiger partial charge in [0.05, 0.1) is 0 Å². The van der Waals surface area contributed by atoms with Crippen LogP contribution in [0.25, 0.3) is 0 Å². The Bertz CT molecular complexity index is 413. The third-order valence-corrected chi connectivity index (χ3v) is 2.71. The zero-order chi connectivity index (χ0) is 15.5. The van der Waals surface area contributed by atoms with Crippen molar-refractivity contribution in [3.63, 3.8) is 0 Å². The number of hydrogen-bond donors (Lipinski definition) is 2. The summed E-state index contributed by atoms with van der Waals surface area (Å²) in [6.07, 6.45) is -4.72. The summed E-state index contributed by atoms with van der Waals surface area (Å²) in [5.74, 6) is -2.05. The first-order chi connectivity index (χ1) is 9.11. The zero-order valence-corrected chi connectivity index (χ0v) is 10.6. The zero-order valence-electron chi connectivity index (χ0n) is 10.6. The van der Waals surface area contributed by atoms with Crippen LogP contribution in [-0.2, 0) is 9.59 Å². The molecule has 3 amide bonds. The average molecular weight is 297 g/mol. The summed E-state index contributed by atoms with van der Waals surface area (Å²) in [7, 11) is 0. The lowest BCUT2D eigenvalue weighted by atomic mass is 10.2. The van der Waals surface area contributed by atoms with Crippen LogP contribution < -0.4 is 5.32 Å². The first-order valence-electron chi connectivity index (χ1n) is 5.73. The summed E-state index contributed by atoms with van der Waals surface area (Å²) in [6.45, 7) is -1.26. The second kappa shape index (κ2) is 5.97. The molecule has 1 heterocycles. The summed E-state index contributed by atoms with van der Waals surface area (Å²) in [4.78, 5) is 35.0. The van der Waals surface area contributed by atoms with E-state index in [4.69, 9.17) is 5.11 Å². The number of alkyl halides is 3. The lowest BCUT2D eigenvalue weighted by molar-refractivity contribution is -0.150. The van der Waals surface area contributed by atoms with Gasteiger partial charge >= 0.3 is 18.2 Å². The highest BCUT2D eigenvalue weighted by Gasteiger charge is 2.38. The number of aliphatic carboxylic acids is 1. The largest absolute Gasteiger partial charge is 0.480 e. The minimum Gasteiger partial charge on any atom is -0.480 e. The van der Waals surface area contributed by atoms with Gasteiger partial charge in [-0.2, -0.15) is 13.2 Å². The minimum absolute atomic E-state index is 0.0275. The summed E-state index contributed by atoms with van der Waals surface area (Å²) < 4.78 is 37.1. The van der Waals surface area contributed by atoms with Crippen molar-refractivity contribution < 1.29 is 32.7 Å². The van der Waals surface area contributed by atoms with E-state index >= 15 is 0 Å². The van der Waals surface area contributed by atoms with Crippen LogP contribution in [0.15, 0.2) is 0 Å². The normalized spacial score (nSPS) is 19.5. The minimum atomic E-state index is -4.72. The molecule has 0 aromatic heterocycles. The van der Waals surface area contributed by atoms with E-state index in [2.05, 4.69) is 5.32 Å². The van der Waals surface area contributed by atoms with Gasteiger partial charge in [-0.05, 0) is 6.92 Å². The van der Waals surface area contributed by atoms with Gasteiger partial charge in [0.25, 0.3) is 0 Å². The van der Waals surface area contributed by atoms with Gasteiger partial charge in [0, 0.05) is 13.1 Å². The molecule has 1 rings (SSSR count). The molecule has 0 spiro atoms. The smallest absolute Gasteiger partial charge is 0.406 e. The van der Waals surface area contributed by atoms with Crippen LogP contribution in [-0.4, -0.2) is 71.2 Å². The molecule has 7 nitrogen and oxygen atoms in total. The molecular weight excluding hydrogens is 283 g/mol. The maximum absolute atomic E-state index is 12.4. The van der Waals surface area contributed by atoms with Gasteiger partial charge < -0.3 is 20.2 Å². The fourth-order valence-electron chi connectivity index (χ4n) is 1.80. The summed E-state index contributed by atoms with van der Waals surface area (Å²) in [6, 6.07) is -2.06. The van der Waals surface area contributed by atoms with Gasteiger partial charge in [-0.15, -0.1) is 0 Å². The first kappa shape index (κ1) is 16.1. The highest BCUT2D eigenvalue weighted by molar-refractivity contribution is 5.89. The monoisotopic (exact) mass is 297 g/mol. The van der Waals surface area contributed by atoms with Crippen molar-refractivity contribution in [1.82, 2.24) is 15.1 Å². The molecule has 0 radical (unpaired) electrons. The van der Waals surface area contributed by atoms with Crippen LogP contribution in [0.5, 0.6) is 0 Å². The van der Waals surface area contributed by atoms with E-state index in [1.807, 2.05) is 0 Å². The number of piperazine rings is 1. The van der Waals surface area contributed by atoms with Crippen LogP contribution in [0, 0.1) is 0 Å². The standard InChI is InChI=1S/C10H14F3N3O4/c1-6-8(19)14-2-3-16(6)9(20)15(4-7(17)18)5-10(11,12)13/h6H,2-5H2,1H3,(H,14,19)(H,17,18). The van der Waals surface area contributed by atoms with E-state index in [0.717, 1.165) is 4.90 Å². The van der Waals surface area contributed by atoms with Crippen LogP contribution >= 0.6 is 0 Å². The van der Waals surface area contributed by atoms with Crippen LogP contribution in [0.4, 0.5) is 18.0 Å². The predicted octanol–water partition coefficient (Wildman–Crippen LogP) is -0.124. The number of urea groups is 1. The van der Waals surface area contributed by atoms with Crippen molar-refractivity contribution >= 4 is 17.9 Å². The molecule has 1 unspecified atom stereocenters. The van der Waals surface area contributed by atoms with E-state index in [1.165, 1.54) is 6.92 Å². The molecule has 1 atom stereocenters. The van der Waals surface area contributed by atoms with Crippen molar-refractivity contribution in [2.24, 2.45) is 0 Å². The number of carbonyl (C=O) groups is 3. The lowest BCUT2D eigenvalue weighted by Crippen LogP contribution is -2.60. The van der Waals surface area contributed by atoms with E-state index in [1.54, 1.807) is 0 Å². The topological polar surface area (TPSA) is 90.0 Å². The van der Waals surface area contributed by atoms with Gasteiger partial charge in [-0.1, -0.05) is 0 Å². The third kappa shape index (κ3) is 4.28. The van der Waals surface area contributed by atoms with Crippen molar-refractivity contribution in [2.45, 2.75) is 19.1 Å². The van der Waals surface area contributed by atoms with E-state index in [0.29, 0.717) is 0 Å². The molecule has 114 valence electrons. The van der Waals surface area contributed by atoms with Gasteiger partial charge in [-0.3, -0.25) is 9.59 Å². The molecule has 2 N–H and O–H groups in total. The maximum atomic E-state index is 12.4. The lowest BCUT2D eigenvalue weighted by Gasteiger charge is -2.36. The van der Waals surface area contributed by atoms with Gasteiger partial charge in [0.1, 0.15) is 19.1 Å². The van der Waals surface area contributed by atoms with Gasteiger partial charge in [0.2, 0.25) is 5.91 Å². The fraction of sp³-hybridized carbons (Fsp3) is 0.700. The summed E-state index contributed by atoms with van der Waals surface area (Å²) in [5, 5.41) is 11.0. The van der Waals surface area contributed by atoms with Crippen LogP contribution in [0.1, 0.15) is 6.92 Å². The fourth-order valence-corrected chi connectivity index (χ4v) is 1.80. The average Bonchev–Trinajstić information content (AvgIpc) is 2.28. The molecular formula is C10H14F3N3O4. The molecule has 20 heavy (non-hydrogen) atoms. The van der Waals surface area contributed by atoms with Gasteiger partial charge in [-0.25, -0.2) is 4.79 Å². The summed E-state index contributed by atoms with van der Waals surface area (Å²) in [5.41, 5.74) is 0. The number of carboxylic acid groups (broad SMARTS) is 1. The SMILES string of the molecule is CC1C(=O)NCCN1C(=O)N(CC(=O)O)CC(F)(F)F. The number of carboxylic acids is 1. The van der Waals surface area contributed by atoms with Crippen molar-refractivity contribution in [3.8, 4) is 0 Å². The number of amides is 3. The Hall–Kier alpha value is -2.00. The number of carbonyl (C=O) groups excluding carboxylic acids is 2. The van der Waals surface area contributed by atoms with Crippen molar-refractivity contribution in [1.29, 1.82) is 0 Å². The van der Waals surface area contributed by atoms with Gasteiger partial charge in [0.15, 0.2) is 0 Å². The number of halogens is 3. The Balaban J connectivity index is 2.86. The molecule has 1 saturated heterocycles. The van der Waals surface area contributed by atoms with E-state index in [9.17, 15) is 27.6 Å². The Labute approximate surface area is 112 Å². The predicted molar refractivity (Wildman–Crippen MR) is 59.8 cm³/mol. The van der Waals surface area contributed by atoms with Crippen molar-refractivity contribution in [2.75, 3.05) is 26.2 Å². The molecule has 0 aliphatic carbocycles. The molecule has 1 aliphatic heterocycles. The maximum Gasteiger partial charge on any atom is 0.406 e. The molecule has 0 bridgehead atoms. The number of nitrogens with zero attached hydrogens (tertiary/aromatic N) is 2. The summed E-state index contributed by atoms with van der Waals surface area (Å²) >= 11 is 0. The quantitative estimate of drug-likeness (QED) is 0.759. The van der Waals surface area contributed by atoms with E-state index in [-0.39, 0.29) is 18.0 Å². The van der Waals surface area contributed by atoms with Crippen molar-refractivity contribution in [3.05, 3.63) is 0 Å². The highest BCUT2D eigenvalue weighted by Crippen LogP contribution is 2.18. The molecule has 0 saturated carbocycles.